The number of aliphatic hydroxyl groups excluding tert-OH is 1. The summed E-state index contributed by atoms with van der Waals surface area (Å²) in [6, 6.07) is 24.3. The average Bonchev–Trinajstić information content (AvgIpc) is 3.28. The number of aliphatic hydroxyl groups is 1. The van der Waals surface area contributed by atoms with E-state index < -0.39 is 0 Å². The Morgan fingerprint density at radius 2 is 1.30 bits per heavy atom. The topological polar surface area (TPSA) is 26.7 Å². The van der Waals surface area contributed by atoms with E-state index in [1.165, 1.54) is 39.3 Å². The van der Waals surface area contributed by atoms with Crippen molar-refractivity contribution >= 4 is 17.1 Å². The van der Waals surface area contributed by atoms with E-state index in [9.17, 15) is 5.11 Å². The van der Waals surface area contributed by atoms with Crippen LogP contribution in [0.2, 0.25) is 0 Å². The summed E-state index contributed by atoms with van der Waals surface area (Å²) in [7, 11) is 2.20. The molecule has 3 heteroatoms. The Morgan fingerprint density at radius 3 is 1.81 bits per heavy atom. The molecule has 0 saturated heterocycles. The van der Waals surface area contributed by atoms with Crippen LogP contribution in [0.4, 0.5) is 17.1 Å². The van der Waals surface area contributed by atoms with Crippen molar-refractivity contribution in [3.63, 3.8) is 0 Å². The fraction of sp³-hybridized carbons (Fsp3) is 0.412. The third-order valence-electron chi connectivity index (χ3n) is 9.02. The molecule has 194 valence electrons. The molecule has 0 bridgehead atoms. The summed E-state index contributed by atoms with van der Waals surface area (Å²) in [5.74, 6) is 2.01. The van der Waals surface area contributed by atoms with Crippen LogP contribution in [-0.4, -0.2) is 18.3 Å². The van der Waals surface area contributed by atoms with Gasteiger partial charge in [0.15, 0.2) is 0 Å². The summed E-state index contributed by atoms with van der Waals surface area (Å²) in [6.45, 7) is 15.9. The fourth-order valence-electron chi connectivity index (χ4n) is 6.58. The molecule has 0 amide bonds. The minimum Gasteiger partial charge on any atom is -0.512 e. The highest BCUT2D eigenvalue weighted by Crippen LogP contribution is 2.54. The van der Waals surface area contributed by atoms with E-state index in [0.29, 0.717) is 29.4 Å². The molecule has 3 nitrogen and oxygen atoms in total. The first kappa shape index (κ1) is 25.4. The van der Waals surface area contributed by atoms with Crippen LogP contribution < -0.4 is 9.80 Å². The Hall–Kier alpha value is -3.20. The highest BCUT2D eigenvalue weighted by atomic mass is 16.3. The van der Waals surface area contributed by atoms with Crippen molar-refractivity contribution < 1.29 is 5.11 Å². The van der Waals surface area contributed by atoms with Gasteiger partial charge in [0.05, 0.1) is 28.7 Å². The fourth-order valence-corrected chi connectivity index (χ4v) is 6.58. The molecule has 4 atom stereocenters. The third kappa shape index (κ3) is 4.04. The van der Waals surface area contributed by atoms with Gasteiger partial charge in [-0.05, 0) is 82.7 Å². The van der Waals surface area contributed by atoms with E-state index in [1.54, 1.807) is 0 Å². The molecule has 1 N–H and O–H groups in total. The molecule has 0 radical (unpaired) electrons. The minimum absolute atomic E-state index is 0.00451. The van der Waals surface area contributed by atoms with Crippen LogP contribution in [-0.2, 0) is 0 Å². The Morgan fingerprint density at radius 1 is 0.757 bits per heavy atom. The van der Waals surface area contributed by atoms with E-state index >= 15 is 0 Å². The van der Waals surface area contributed by atoms with Crippen LogP contribution in [0.1, 0.15) is 71.4 Å². The van der Waals surface area contributed by atoms with Crippen molar-refractivity contribution in [3.8, 4) is 11.1 Å². The lowest BCUT2D eigenvalue weighted by atomic mass is 9.84. The van der Waals surface area contributed by atoms with Crippen molar-refractivity contribution in [2.24, 2.45) is 17.8 Å². The minimum atomic E-state index is 0.00451. The second-order valence-electron chi connectivity index (χ2n) is 11.8. The van der Waals surface area contributed by atoms with Crippen LogP contribution >= 0.6 is 0 Å². The highest BCUT2D eigenvalue weighted by Gasteiger charge is 2.49. The summed E-state index contributed by atoms with van der Waals surface area (Å²) < 4.78 is 0. The molecular weight excluding hydrogens is 452 g/mol. The standard InChI is InChI=1S/C34H42N2O/c1-20(2)27-18-26(25-14-10-9-11-15-25)19-28(21(3)4)32(27)36-30-17-13-12-16-29(30)35(8)34(36)31-23(6)22(5)24(7)33(31)37/h9-23,31,34,37H,1-8H3/t22-,23-,31?,34?/m0/s1. The number of rotatable bonds is 5. The maximum atomic E-state index is 11.5. The van der Waals surface area contributed by atoms with Crippen molar-refractivity contribution in [1.29, 1.82) is 0 Å². The van der Waals surface area contributed by atoms with Gasteiger partial charge in [-0.2, -0.15) is 0 Å². The number of hydrogen-bond donors (Lipinski definition) is 1. The molecule has 3 aromatic carbocycles. The zero-order valence-corrected chi connectivity index (χ0v) is 23.7. The predicted molar refractivity (Wildman–Crippen MR) is 158 cm³/mol. The molecule has 0 fully saturated rings. The summed E-state index contributed by atoms with van der Waals surface area (Å²) in [6.07, 6.45) is 0.00451. The number of benzene rings is 3. The van der Waals surface area contributed by atoms with Gasteiger partial charge in [-0.1, -0.05) is 84.0 Å². The largest absolute Gasteiger partial charge is 0.512 e. The normalized spacial score (nSPS) is 23.5. The van der Waals surface area contributed by atoms with Crippen molar-refractivity contribution in [1.82, 2.24) is 0 Å². The molecule has 1 aliphatic carbocycles. The zero-order chi connectivity index (χ0) is 26.6. The van der Waals surface area contributed by atoms with Gasteiger partial charge in [0, 0.05) is 7.05 Å². The van der Waals surface area contributed by atoms with Crippen LogP contribution in [0.25, 0.3) is 11.1 Å². The molecule has 1 heterocycles. The summed E-state index contributed by atoms with van der Waals surface area (Å²) >= 11 is 0. The predicted octanol–water partition coefficient (Wildman–Crippen LogP) is 9.25. The van der Waals surface area contributed by atoms with Crippen molar-refractivity contribution in [2.75, 3.05) is 16.8 Å². The van der Waals surface area contributed by atoms with Gasteiger partial charge in [-0.25, -0.2) is 0 Å². The van der Waals surface area contributed by atoms with Crippen LogP contribution in [0, 0.1) is 17.8 Å². The lowest BCUT2D eigenvalue weighted by molar-refractivity contribution is 0.248. The number of nitrogens with zero attached hydrogens (tertiary/aromatic N) is 2. The van der Waals surface area contributed by atoms with Gasteiger partial charge in [0.25, 0.3) is 0 Å². The van der Waals surface area contributed by atoms with E-state index in [-0.39, 0.29) is 12.1 Å². The van der Waals surface area contributed by atoms with E-state index in [1.807, 2.05) is 0 Å². The Balaban J connectivity index is 1.79. The SMILES string of the molecule is CC1=C(O)C(C2N(C)c3ccccc3N2c2c(C(C)C)cc(-c3ccccc3)cc2C(C)C)[C@@H](C)[C@@H]1C. The Kier molecular flexibility index (Phi) is 6.60. The molecule has 37 heavy (non-hydrogen) atoms. The lowest BCUT2D eigenvalue weighted by Crippen LogP contribution is -2.47. The maximum Gasteiger partial charge on any atom is 0.116 e. The molecule has 0 spiro atoms. The number of fused-ring (bicyclic) bond motifs is 1. The average molecular weight is 495 g/mol. The third-order valence-corrected chi connectivity index (χ3v) is 9.02. The number of allylic oxidation sites excluding steroid dienone is 1. The van der Waals surface area contributed by atoms with Gasteiger partial charge in [-0.15, -0.1) is 0 Å². The van der Waals surface area contributed by atoms with Crippen LogP contribution in [0.3, 0.4) is 0 Å². The Labute approximate surface area is 223 Å². The van der Waals surface area contributed by atoms with Gasteiger partial charge in [0.2, 0.25) is 0 Å². The van der Waals surface area contributed by atoms with Crippen molar-refractivity contribution in [2.45, 2.75) is 66.5 Å². The summed E-state index contributed by atoms with van der Waals surface area (Å²) in [4.78, 5) is 4.97. The molecule has 1 aliphatic heterocycles. The van der Waals surface area contributed by atoms with Gasteiger partial charge >= 0.3 is 0 Å². The van der Waals surface area contributed by atoms with Crippen LogP contribution in [0.5, 0.6) is 0 Å². The van der Waals surface area contributed by atoms with E-state index in [4.69, 9.17) is 0 Å². The van der Waals surface area contributed by atoms with Gasteiger partial charge in [-0.3, -0.25) is 0 Å². The maximum absolute atomic E-state index is 11.5. The zero-order valence-electron chi connectivity index (χ0n) is 23.7. The van der Waals surface area contributed by atoms with Gasteiger partial charge in [0.1, 0.15) is 6.17 Å². The van der Waals surface area contributed by atoms with Gasteiger partial charge < -0.3 is 14.9 Å². The molecule has 2 aliphatic rings. The number of hydrogen-bond acceptors (Lipinski definition) is 3. The first-order valence-electron chi connectivity index (χ1n) is 13.9. The summed E-state index contributed by atoms with van der Waals surface area (Å²) in [5, 5.41) is 11.5. The molecule has 2 unspecified atom stereocenters. The second-order valence-corrected chi connectivity index (χ2v) is 11.8. The molecule has 3 aromatic rings. The number of para-hydroxylation sites is 2. The monoisotopic (exact) mass is 494 g/mol. The molecule has 5 rings (SSSR count). The number of anilines is 3. The Bertz CT molecular complexity index is 1290. The quantitative estimate of drug-likeness (QED) is 0.383. The summed E-state index contributed by atoms with van der Waals surface area (Å²) in [5.41, 5.74) is 10.1. The van der Waals surface area contributed by atoms with Crippen molar-refractivity contribution in [3.05, 3.63) is 89.2 Å². The lowest BCUT2D eigenvalue weighted by Gasteiger charge is -2.40. The molecule has 0 saturated carbocycles. The first-order valence-corrected chi connectivity index (χ1v) is 13.9. The van der Waals surface area contributed by atoms with E-state index in [0.717, 1.165) is 5.57 Å². The van der Waals surface area contributed by atoms with Crippen LogP contribution in [0.15, 0.2) is 78.1 Å². The smallest absolute Gasteiger partial charge is 0.116 e. The first-order chi connectivity index (χ1) is 17.6. The second kappa shape index (κ2) is 9.59. The molecule has 0 aromatic heterocycles. The van der Waals surface area contributed by atoms with E-state index in [2.05, 4.69) is 132 Å². The molecular formula is C34H42N2O. The highest BCUT2D eigenvalue weighted by molar-refractivity contribution is 5.87.